The van der Waals surface area contributed by atoms with E-state index < -0.39 is 0 Å². The van der Waals surface area contributed by atoms with Crippen LogP contribution in [-0.4, -0.2) is 9.97 Å². The molecule has 0 aliphatic heterocycles. The summed E-state index contributed by atoms with van der Waals surface area (Å²) in [5.41, 5.74) is 3.97. The van der Waals surface area contributed by atoms with Crippen molar-refractivity contribution in [3.63, 3.8) is 0 Å². The van der Waals surface area contributed by atoms with Gasteiger partial charge in [-0.1, -0.05) is 19.2 Å². The molecule has 64 valence electrons. The van der Waals surface area contributed by atoms with Crippen molar-refractivity contribution < 1.29 is 0 Å². The highest BCUT2D eigenvalue weighted by molar-refractivity contribution is 5.89. The largest absolute Gasteiger partial charge is 0.353 e. The number of nitrogens with zero attached hydrogens (tertiary/aromatic N) is 1. The van der Waals surface area contributed by atoms with Crippen molar-refractivity contribution in [1.82, 2.24) is 9.97 Å². The van der Waals surface area contributed by atoms with E-state index in [1.165, 1.54) is 0 Å². The van der Waals surface area contributed by atoms with Crippen LogP contribution >= 0.6 is 0 Å². The molecule has 0 aliphatic carbocycles. The van der Waals surface area contributed by atoms with Crippen molar-refractivity contribution >= 4 is 23.2 Å². The summed E-state index contributed by atoms with van der Waals surface area (Å²) in [7, 11) is 0. The molecule has 2 heteroatoms. The maximum absolute atomic E-state index is 4.27. The van der Waals surface area contributed by atoms with E-state index in [4.69, 9.17) is 0 Å². The monoisotopic (exact) mass is 170 g/mol. The van der Waals surface area contributed by atoms with Crippen LogP contribution in [0.15, 0.2) is 31.5 Å². The molecule has 2 aromatic heterocycles. The van der Waals surface area contributed by atoms with Crippen molar-refractivity contribution in [1.29, 1.82) is 0 Å². The number of nitrogens with one attached hydrogen (secondary N) is 1. The zero-order valence-electron chi connectivity index (χ0n) is 7.25. The molecule has 0 bridgehead atoms. The number of H-pyrrole nitrogens is 1. The van der Waals surface area contributed by atoms with E-state index in [0.29, 0.717) is 0 Å². The number of rotatable bonds is 2. The minimum atomic E-state index is 0.951. The SMILES string of the molecule is C=Cc1[nH]c2cccnc2c1C=C. The Morgan fingerprint density at radius 2 is 2.15 bits per heavy atom. The quantitative estimate of drug-likeness (QED) is 0.737. The maximum Gasteiger partial charge on any atom is 0.0957 e. The predicted octanol–water partition coefficient (Wildman–Crippen LogP) is 2.85. The number of aromatic amines is 1. The zero-order chi connectivity index (χ0) is 9.26. The summed E-state index contributed by atoms with van der Waals surface area (Å²) in [6.45, 7) is 7.48. The highest BCUT2D eigenvalue weighted by Crippen LogP contribution is 2.21. The Kier molecular flexibility index (Phi) is 1.74. The van der Waals surface area contributed by atoms with Gasteiger partial charge in [-0.15, -0.1) is 0 Å². The van der Waals surface area contributed by atoms with Gasteiger partial charge in [-0.05, 0) is 18.2 Å². The van der Waals surface area contributed by atoms with Gasteiger partial charge in [0.1, 0.15) is 0 Å². The number of hydrogen-bond acceptors (Lipinski definition) is 1. The van der Waals surface area contributed by atoms with Crippen LogP contribution in [0.5, 0.6) is 0 Å². The van der Waals surface area contributed by atoms with Crippen LogP contribution in [0.4, 0.5) is 0 Å². The topological polar surface area (TPSA) is 28.7 Å². The van der Waals surface area contributed by atoms with Crippen LogP contribution in [-0.2, 0) is 0 Å². The van der Waals surface area contributed by atoms with Crippen molar-refractivity contribution in [3.8, 4) is 0 Å². The van der Waals surface area contributed by atoms with E-state index in [9.17, 15) is 0 Å². The summed E-state index contributed by atoms with van der Waals surface area (Å²) >= 11 is 0. The van der Waals surface area contributed by atoms with E-state index in [1.54, 1.807) is 18.3 Å². The predicted molar refractivity (Wildman–Crippen MR) is 56.3 cm³/mol. The van der Waals surface area contributed by atoms with Gasteiger partial charge in [-0.25, -0.2) is 0 Å². The molecule has 2 heterocycles. The fourth-order valence-corrected chi connectivity index (χ4v) is 1.43. The molecule has 0 spiro atoms. The molecule has 0 saturated carbocycles. The van der Waals surface area contributed by atoms with Crippen LogP contribution < -0.4 is 0 Å². The minimum Gasteiger partial charge on any atom is -0.353 e. The normalized spacial score (nSPS) is 10.2. The second kappa shape index (κ2) is 2.90. The van der Waals surface area contributed by atoms with Gasteiger partial charge in [0.05, 0.1) is 11.0 Å². The summed E-state index contributed by atoms with van der Waals surface area (Å²) in [6, 6.07) is 3.89. The number of aromatic nitrogens is 2. The molecule has 0 radical (unpaired) electrons. The average Bonchev–Trinajstić information content (AvgIpc) is 2.55. The Balaban J connectivity index is 2.88. The Hall–Kier alpha value is -1.83. The molecule has 0 saturated heterocycles. The third-order valence-electron chi connectivity index (χ3n) is 2.03. The lowest BCUT2D eigenvalue weighted by atomic mass is 10.2. The molecule has 1 N–H and O–H groups in total. The zero-order valence-corrected chi connectivity index (χ0v) is 7.25. The number of hydrogen-bond donors (Lipinski definition) is 1. The molecule has 0 aliphatic rings. The van der Waals surface area contributed by atoms with Crippen molar-refractivity contribution in [2.45, 2.75) is 0 Å². The van der Waals surface area contributed by atoms with Crippen LogP contribution in [0.2, 0.25) is 0 Å². The van der Waals surface area contributed by atoms with Gasteiger partial charge in [0, 0.05) is 17.5 Å². The summed E-state index contributed by atoms with van der Waals surface area (Å²) in [5, 5.41) is 0. The fraction of sp³-hybridized carbons (Fsp3) is 0. The summed E-state index contributed by atoms with van der Waals surface area (Å²) in [6.07, 6.45) is 5.34. The molecule has 2 aromatic rings. The van der Waals surface area contributed by atoms with Crippen LogP contribution in [0.25, 0.3) is 23.2 Å². The second-order valence-electron chi connectivity index (χ2n) is 2.76. The molecule has 0 unspecified atom stereocenters. The number of pyridine rings is 1. The Morgan fingerprint density at radius 3 is 2.85 bits per heavy atom. The van der Waals surface area contributed by atoms with Gasteiger partial charge in [-0.3, -0.25) is 4.98 Å². The summed E-state index contributed by atoms with van der Waals surface area (Å²) in [5.74, 6) is 0. The Bertz CT molecular complexity index is 466. The number of fused-ring (bicyclic) bond motifs is 1. The molecule has 0 aromatic carbocycles. The lowest BCUT2D eigenvalue weighted by Gasteiger charge is -1.89. The van der Waals surface area contributed by atoms with E-state index in [0.717, 1.165) is 22.3 Å². The van der Waals surface area contributed by atoms with Gasteiger partial charge in [0.15, 0.2) is 0 Å². The first kappa shape index (κ1) is 7.80. The molecule has 0 fully saturated rings. The van der Waals surface area contributed by atoms with Crippen LogP contribution in [0, 0.1) is 0 Å². The van der Waals surface area contributed by atoms with E-state index >= 15 is 0 Å². The van der Waals surface area contributed by atoms with Gasteiger partial charge in [-0.2, -0.15) is 0 Å². The third-order valence-corrected chi connectivity index (χ3v) is 2.03. The average molecular weight is 170 g/mol. The molecular weight excluding hydrogens is 160 g/mol. The van der Waals surface area contributed by atoms with Crippen LogP contribution in [0.1, 0.15) is 11.3 Å². The van der Waals surface area contributed by atoms with Crippen molar-refractivity contribution in [3.05, 3.63) is 42.7 Å². The highest BCUT2D eigenvalue weighted by atomic mass is 14.8. The molecule has 2 nitrogen and oxygen atoms in total. The van der Waals surface area contributed by atoms with E-state index in [-0.39, 0.29) is 0 Å². The second-order valence-corrected chi connectivity index (χ2v) is 2.76. The maximum atomic E-state index is 4.27. The van der Waals surface area contributed by atoms with Gasteiger partial charge in [0.25, 0.3) is 0 Å². The molecular formula is C11H10N2. The molecule has 13 heavy (non-hydrogen) atoms. The molecule has 0 atom stereocenters. The Labute approximate surface area is 76.6 Å². The standard InChI is InChI=1S/C11H10N2/c1-3-8-9(4-2)13-10-6-5-7-12-11(8)10/h3-7,13H,1-2H2. The minimum absolute atomic E-state index is 0.951. The lowest BCUT2D eigenvalue weighted by molar-refractivity contribution is 1.40. The molecule has 0 amide bonds. The van der Waals surface area contributed by atoms with Gasteiger partial charge >= 0.3 is 0 Å². The van der Waals surface area contributed by atoms with Gasteiger partial charge < -0.3 is 4.98 Å². The van der Waals surface area contributed by atoms with Crippen molar-refractivity contribution in [2.75, 3.05) is 0 Å². The Morgan fingerprint density at radius 1 is 1.31 bits per heavy atom. The summed E-state index contributed by atoms with van der Waals surface area (Å²) in [4.78, 5) is 7.48. The molecule has 2 rings (SSSR count). The first-order valence-corrected chi connectivity index (χ1v) is 4.08. The fourth-order valence-electron chi connectivity index (χ4n) is 1.43. The smallest absolute Gasteiger partial charge is 0.0957 e. The summed E-state index contributed by atoms with van der Waals surface area (Å²) < 4.78 is 0. The van der Waals surface area contributed by atoms with Crippen LogP contribution in [0.3, 0.4) is 0 Å². The first-order chi connectivity index (χ1) is 6.36. The van der Waals surface area contributed by atoms with E-state index in [2.05, 4.69) is 23.1 Å². The highest BCUT2D eigenvalue weighted by Gasteiger charge is 2.05. The first-order valence-electron chi connectivity index (χ1n) is 4.08. The van der Waals surface area contributed by atoms with Gasteiger partial charge in [0.2, 0.25) is 0 Å². The van der Waals surface area contributed by atoms with Crippen molar-refractivity contribution in [2.24, 2.45) is 0 Å². The third kappa shape index (κ3) is 1.07. The lowest BCUT2D eigenvalue weighted by Crippen LogP contribution is -1.75. The van der Waals surface area contributed by atoms with E-state index in [1.807, 2.05) is 12.1 Å².